The zero-order valence-corrected chi connectivity index (χ0v) is 22.8. The molecule has 1 aromatic heterocycles. The van der Waals surface area contributed by atoms with E-state index in [4.69, 9.17) is 4.74 Å². The highest BCUT2D eigenvalue weighted by Gasteiger charge is 2.36. The molecule has 5 rings (SSSR count). The lowest BCUT2D eigenvalue weighted by Gasteiger charge is -2.12. The molecule has 1 atom stereocenters. The highest BCUT2D eigenvalue weighted by molar-refractivity contribution is 8.18. The van der Waals surface area contributed by atoms with Crippen molar-refractivity contribution in [3.05, 3.63) is 70.5 Å². The number of nitrogens with one attached hydrogen (secondary N) is 2. The molecular weight excluding hydrogens is 535 g/mol. The summed E-state index contributed by atoms with van der Waals surface area (Å²) in [4.78, 5) is 52.1. The van der Waals surface area contributed by atoms with Gasteiger partial charge >= 0.3 is 0 Å². The molecule has 40 heavy (non-hydrogen) atoms. The number of hydrogen-bond acceptors (Lipinski definition) is 6. The Labute approximate surface area is 234 Å². The van der Waals surface area contributed by atoms with E-state index in [1.54, 1.807) is 6.08 Å². The van der Waals surface area contributed by atoms with E-state index in [0.717, 1.165) is 59.0 Å². The quantitative estimate of drug-likeness (QED) is 0.375. The molecule has 0 saturated carbocycles. The van der Waals surface area contributed by atoms with Gasteiger partial charge in [0.15, 0.2) is 0 Å². The summed E-state index contributed by atoms with van der Waals surface area (Å²) < 4.78 is 20.6. The van der Waals surface area contributed by atoms with E-state index in [0.29, 0.717) is 17.8 Å². The fraction of sp³-hybridized carbons (Fsp3) is 0.310. The largest absolute Gasteiger partial charge is 0.376 e. The van der Waals surface area contributed by atoms with Crippen LogP contribution in [-0.4, -0.2) is 58.2 Å². The summed E-state index contributed by atoms with van der Waals surface area (Å²) >= 11 is 0.757. The van der Waals surface area contributed by atoms with Gasteiger partial charge in [-0.25, -0.2) is 4.39 Å². The van der Waals surface area contributed by atoms with Crippen molar-refractivity contribution in [1.29, 1.82) is 0 Å². The number of imide groups is 1. The molecule has 9 nitrogen and oxygen atoms in total. The number of hydrogen-bond donors (Lipinski definition) is 2. The van der Waals surface area contributed by atoms with Crippen LogP contribution in [0.5, 0.6) is 0 Å². The number of carbonyl (C=O) groups excluding carboxylic acids is 4. The average Bonchev–Trinajstić information content (AvgIpc) is 3.65. The third-order valence-electron chi connectivity index (χ3n) is 6.85. The maximum atomic E-state index is 13.1. The fourth-order valence-electron chi connectivity index (χ4n) is 4.89. The molecule has 2 fully saturated rings. The van der Waals surface area contributed by atoms with Crippen molar-refractivity contribution in [2.24, 2.45) is 0 Å². The molecule has 2 aromatic carbocycles. The third kappa shape index (κ3) is 6.10. The molecule has 3 aromatic rings. The molecular formula is C29H29FN4O5S. The van der Waals surface area contributed by atoms with Crippen LogP contribution in [0, 0.1) is 5.82 Å². The van der Waals surface area contributed by atoms with E-state index in [1.807, 2.05) is 35.9 Å². The molecule has 208 valence electrons. The van der Waals surface area contributed by atoms with Crippen LogP contribution in [0.25, 0.3) is 17.0 Å². The molecule has 4 amide bonds. The van der Waals surface area contributed by atoms with Crippen LogP contribution < -0.4 is 10.6 Å². The molecule has 3 heterocycles. The number of amides is 4. The minimum Gasteiger partial charge on any atom is -0.376 e. The molecule has 2 saturated heterocycles. The standard InChI is InChI=1S/C29H29FN4O5S/c1-2-18-5-3-7-23-19(15-33(27(18)23)16-25(35)31-14-22-6-4-12-39-22)13-24-28(37)34(29(38)40-24)17-26(36)32-21-10-8-20(30)9-11-21/h3,5,7-11,13,15,22H,2,4,6,12,14,16-17H2,1H3,(H,31,35)(H,32,36)/b24-13-/t22-/m1/s1. The van der Waals surface area contributed by atoms with Crippen LogP contribution in [0.1, 0.15) is 30.9 Å². The monoisotopic (exact) mass is 564 g/mol. The van der Waals surface area contributed by atoms with E-state index in [-0.39, 0.29) is 23.5 Å². The Balaban J connectivity index is 1.34. The highest BCUT2D eigenvalue weighted by Crippen LogP contribution is 2.35. The first-order chi connectivity index (χ1) is 19.3. The number of anilines is 1. The number of ether oxygens (including phenoxy) is 1. The summed E-state index contributed by atoms with van der Waals surface area (Å²) in [5.74, 6) is -1.74. The lowest BCUT2D eigenvalue weighted by Crippen LogP contribution is -2.36. The number of rotatable bonds is 9. The number of fused-ring (bicyclic) bond motifs is 1. The van der Waals surface area contributed by atoms with Gasteiger partial charge in [0, 0.05) is 36.0 Å². The van der Waals surface area contributed by atoms with Crippen molar-refractivity contribution < 1.29 is 28.3 Å². The number of halogens is 1. The van der Waals surface area contributed by atoms with Crippen LogP contribution in [-0.2, 0) is 32.1 Å². The van der Waals surface area contributed by atoms with Gasteiger partial charge in [0.2, 0.25) is 11.8 Å². The second-order valence-electron chi connectivity index (χ2n) is 9.64. The molecule has 0 aliphatic carbocycles. The van der Waals surface area contributed by atoms with E-state index < -0.39 is 29.4 Å². The normalized spacial score (nSPS) is 18.2. The number of benzene rings is 2. The molecule has 2 aliphatic heterocycles. The predicted octanol–water partition coefficient (Wildman–Crippen LogP) is 4.31. The van der Waals surface area contributed by atoms with Gasteiger partial charge in [0.25, 0.3) is 11.1 Å². The van der Waals surface area contributed by atoms with Gasteiger partial charge in [-0.15, -0.1) is 0 Å². The molecule has 0 unspecified atom stereocenters. The molecule has 0 spiro atoms. The van der Waals surface area contributed by atoms with Crippen LogP contribution in [0.15, 0.2) is 53.6 Å². The van der Waals surface area contributed by atoms with Crippen molar-refractivity contribution in [2.75, 3.05) is 25.0 Å². The SMILES string of the molecule is CCc1cccc2c(/C=C3\SC(=O)N(CC(=O)Nc4ccc(F)cc4)C3=O)cn(CC(=O)NC[C@H]3CCCO3)c12. The van der Waals surface area contributed by atoms with Gasteiger partial charge in [-0.2, -0.15) is 0 Å². The van der Waals surface area contributed by atoms with Gasteiger partial charge in [0.05, 0.1) is 16.5 Å². The number of aromatic nitrogens is 1. The number of carbonyl (C=O) groups is 4. The summed E-state index contributed by atoms with van der Waals surface area (Å²) in [5, 5.41) is 5.80. The van der Waals surface area contributed by atoms with Crippen LogP contribution in [0.3, 0.4) is 0 Å². The summed E-state index contributed by atoms with van der Waals surface area (Å²) in [5.41, 5.74) is 2.99. The van der Waals surface area contributed by atoms with E-state index in [9.17, 15) is 23.6 Å². The second kappa shape index (κ2) is 12.1. The van der Waals surface area contributed by atoms with Crippen LogP contribution in [0.2, 0.25) is 0 Å². The Bertz CT molecular complexity index is 1490. The second-order valence-corrected chi connectivity index (χ2v) is 10.6. The van der Waals surface area contributed by atoms with E-state index >= 15 is 0 Å². The van der Waals surface area contributed by atoms with E-state index in [2.05, 4.69) is 10.6 Å². The number of thioether (sulfide) groups is 1. The number of aryl methyl sites for hydroxylation is 1. The molecule has 2 N–H and O–H groups in total. The summed E-state index contributed by atoms with van der Waals surface area (Å²) in [7, 11) is 0. The average molecular weight is 565 g/mol. The van der Waals surface area contributed by atoms with Gasteiger partial charge in [-0.1, -0.05) is 25.1 Å². The van der Waals surface area contributed by atoms with Crippen molar-refractivity contribution in [3.8, 4) is 0 Å². The molecule has 2 aliphatic rings. The zero-order valence-electron chi connectivity index (χ0n) is 21.9. The van der Waals surface area contributed by atoms with Crippen molar-refractivity contribution in [3.63, 3.8) is 0 Å². The van der Waals surface area contributed by atoms with E-state index in [1.165, 1.54) is 24.3 Å². The summed E-state index contributed by atoms with van der Waals surface area (Å²) in [6, 6.07) is 11.0. The predicted molar refractivity (Wildman–Crippen MR) is 151 cm³/mol. The number of para-hydroxylation sites is 1. The first kappa shape index (κ1) is 27.6. The zero-order chi connectivity index (χ0) is 28.2. The third-order valence-corrected chi connectivity index (χ3v) is 7.76. The maximum Gasteiger partial charge on any atom is 0.294 e. The summed E-state index contributed by atoms with van der Waals surface area (Å²) in [6.07, 6.45) is 6.16. The molecule has 0 radical (unpaired) electrons. The Kier molecular flexibility index (Phi) is 8.32. The first-order valence-electron chi connectivity index (χ1n) is 13.1. The molecule has 11 heteroatoms. The maximum absolute atomic E-state index is 13.1. The Morgan fingerprint density at radius 3 is 2.65 bits per heavy atom. The Morgan fingerprint density at radius 1 is 1.12 bits per heavy atom. The minimum atomic E-state index is -0.578. The van der Waals surface area contributed by atoms with Gasteiger partial charge in [0.1, 0.15) is 18.9 Å². The lowest BCUT2D eigenvalue weighted by atomic mass is 10.1. The molecule has 0 bridgehead atoms. The topological polar surface area (TPSA) is 110 Å². The van der Waals surface area contributed by atoms with Crippen LogP contribution in [0.4, 0.5) is 14.9 Å². The van der Waals surface area contributed by atoms with Crippen LogP contribution >= 0.6 is 11.8 Å². The Hall–Kier alpha value is -3.96. The smallest absolute Gasteiger partial charge is 0.294 e. The summed E-state index contributed by atoms with van der Waals surface area (Å²) in [6.45, 7) is 2.85. The first-order valence-corrected chi connectivity index (χ1v) is 13.9. The van der Waals surface area contributed by atoms with Gasteiger partial charge in [-0.05, 0) is 66.9 Å². The van der Waals surface area contributed by atoms with Crippen molar-refractivity contribution in [1.82, 2.24) is 14.8 Å². The van der Waals surface area contributed by atoms with Gasteiger partial charge in [-0.3, -0.25) is 24.1 Å². The van der Waals surface area contributed by atoms with Crippen molar-refractivity contribution >= 4 is 57.4 Å². The fourth-order valence-corrected chi connectivity index (χ4v) is 5.72. The number of nitrogens with zero attached hydrogens (tertiary/aromatic N) is 2. The van der Waals surface area contributed by atoms with Gasteiger partial charge < -0.3 is 19.9 Å². The van der Waals surface area contributed by atoms with Crippen molar-refractivity contribution in [2.45, 2.75) is 38.8 Å². The minimum absolute atomic E-state index is 0.0421. The lowest BCUT2D eigenvalue weighted by molar-refractivity contribution is -0.127. The highest BCUT2D eigenvalue weighted by atomic mass is 32.2. The Morgan fingerprint density at radius 2 is 1.93 bits per heavy atom.